The number of hydrogen-bond donors (Lipinski definition) is 0. The molecule has 0 aliphatic heterocycles. The number of ether oxygens (including phenoxy) is 1. The Balaban J connectivity index is 1.96. The Morgan fingerprint density at radius 3 is 2.41 bits per heavy atom. The summed E-state index contributed by atoms with van der Waals surface area (Å²) in [6.07, 6.45) is 1.65. The van der Waals surface area contributed by atoms with Crippen LogP contribution in [0.3, 0.4) is 0 Å². The van der Waals surface area contributed by atoms with E-state index in [0.29, 0.717) is 4.47 Å². The summed E-state index contributed by atoms with van der Waals surface area (Å²) in [6, 6.07) is 11.1. The van der Waals surface area contributed by atoms with Crippen LogP contribution in [0, 0.1) is 12.7 Å². The molecule has 0 bridgehead atoms. The monoisotopic (exact) mass is 362 g/mol. The predicted molar refractivity (Wildman–Crippen MR) is 87.2 cm³/mol. The number of carbonyl (C=O) groups is 1. The lowest BCUT2D eigenvalue weighted by Gasteiger charge is -2.14. The van der Waals surface area contributed by atoms with Crippen LogP contribution >= 0.6 is 15.9 Å². The Labute approximate surface area is 137 Å². The van der Waals surface area contributed by atoms with E-state index in [4.69, 9.17) is 4.74 Å². The topological polar surface area (TPSA) is 26.3 Å². The van der Waals surface area contributed by atoms with Crippen LogP contribution in [-0.4, -0.2) is 13.1 Å². The second kappa shape index (κ2) is 5.51. The zero-order valence-electron chi connectivity index (χ0n) is 12.5. The quantitative estimate of drug-likeness (QED) is 0.735. The third-order valence-electron chi connectivity index (χ3n) is 4.34. The molecule has 0 spiro atoms. The number of carbonyl (C=O) groups excluding carboxylic acids is 1. The number of aryl methyl sites for hydroxylation is 1. The first-order valence-corrected chi connectivity index (χ1v) is 7.92. The minimum Gasteiger partial charge on any atom is -0.468 e. The maximum atomic E-state index is 13.8. The summed E-state index contributed by atoms with van der Waals surface area (Å²) in [4.78, 5) is 11.9. The van der Waals surface area contributed by atoms with Crippen LogP contribution in [0.1, 0.15) is 24.0 Å². The largest absolute Gasteiger partial charge is 0.468 e. The minimum absolute atomic E-state index is 0.175. The highest BCUT2D eigenvalue weighted by Gasteiger charge is 2.52. The van der Waals surface area contributed by atoms with E-state index in [0.717, 1.165) is 35.1 Å². The average molecular weight is 363 g/mol. The summed E-state index contributed by atoms with van der Waals surface area (Å²) >= 11 is 3.20. The van der Waals surface area contributed by atoms with Crippen LogP contribution in [0.2, 0.25) is 0 Å². The van der Waals surface area contributed by atoms with E-state index in [1.165, 1.54) is 13.2 Å². The molecule has 0 heterocycles. The van der Waals surface area contributed by atoms with Crippen molar-refractivity contribution >= 4 is 21.9 Å². The minimum atomic E-state index is -0.465. The fraction of sp³-hybridized carbons (Fsp3) is 0.278. The maximum absolute atomic E-state index is 13.8. The zero-order chi connectivity index (χ0) is 15.9. The molecule has 3 rings (SSSR count). The first-order chi connectivity index (χ1) is 10.5. The number of hydrogen-bond acceptors (Lipinski definition) is 2. The van der Waals surface area contributed by atoms with Crippen molar-refractivity contribution in [2.24, 2.45) is 0 Å². The summed E-state index contributed by atoms with van der Waals surface area (Å²) in [5, 5.41) is 0. The van der Waals surface area contributed by atoms with Gasteiger partial charge in [0.05, 0.1) is 17.0 Å². The van der Waals surface area contributed by atoms with Crippen LogP contribution in [0.15, 0.2) is 40.9 Å². The van der Waals surface area contributed by atoms with Crippen LogP contribution in [0.25, 0.3) is 11.1 Å². The van der Waals surface area contributed by atoms with Gasteiger partial charge in [0.15, 0.2) is 0 Å². The predicted octanol–water partition coefficient (Wildman–Crippen LogP) is 4.77. The molecule has 0 radical (unpaired) electrons. The standard InChI is InChI=1S/C18H16BrFO2/c1-11-9-15(19)16(20)10-14(11)12-3-5-13(6-4-12)18(7-8-18)17(21)22-2/h3-6,9-10H,7-8H2,1-2H3. The maximum Gasteiger partial charge on any atom is 0.316 e. The van der Waals surface area contributed by atoms with Gasteiger partial charge in [-0.1, -0.05) is 24.3 Å². The molecule has 1 aliphatic rings. The first kappa shape index (κ1) is 15.2. The van der Waals surface area contributed by atoms with Crippen molar-refractivity contribution in [1.82, 2.24) is 0 Å². The van der Waals surface area contributed by atoms with Gasteiger partial charge in [0.2, 0.25) is 0 Å². The van der Waals surface area contributed by atoms with Crippen LogP contribution in [-0.2, 0) is 14.9 Å². The Morgan fingerprint density at radius 2 is 1.86 bits per heavy atom. The normalized spacial score (nSPS) is 15.5. The third kappa shape index (κ3) is 2.45. The molecule has 2 nitrogen and oxygen atoms in total. The Bertz CT molecular complexity index is 733. The van der Waals surface area contributed by atoms with Crippen LogP contribution in [0.5, 0.6) is 0 Å². The molecule has 0 unspecified atom stereocenters. The molecule has 0 saturated heterocycles. The van der Waals surface area contributed by atoms with Crippen LogP contribution in [0.4, 0.5) is 4.39 Å². The lowest BCUT2D eigenvalue weighted by Crippen LogP contribution is -2.21. The van der Waals surface area contributed by atoms with Gasteiger partial charge < -0.3 is 4.74 Å². The van der Waals surface area contributed by atoms with Gasteiger partial charge in [-0.3, -0.25) is 4.79 Å². The molecule has 1 fully saturated rings. The van der Waals surface area contributed by atoms with Crippen molar-refractivity contribution in [2.45, 2.75) is 25.2 Å². The van der Waals surface area contributed by atoms with Gasteiger partial charge in [0.25, 0.3) is 0 Å². The van der Waals surface area contributed by atoms with E-state index >= 15 is 0 Å². The Kier molecular flexibility index (Phi) is 3.81. The third-order valence-corrected chi connectivity index (χ3v) is 4.95. The van der Waals surface area contributed by atoms with Crippen LogP contribution < -0.4 is 0 Å². The van der Waals surface area contributed by atoms with Gasteiger partial charge >= 0.3 is 5.97 Å². The number of esters is 1. The Hall–Kier alpha value is -1.68. The second-order valence-corrected chi connectivity index (χ2v) is 6.59. The summed E-state index contributed by atoms with van der Waals surface area (Å²) in [5.41, 5.74) is 3.30. The number of methoxy groups -OCH3 is 1. The molecule has 114 valence electrons. The van der Waals surface area contributed by atoms with Crippen molar-refractivity contribution < 1.29 is 13.9 Å². The number of rotatable bonds is 3. The van der Waals surface area contributed by atoms with Crippen molar-refractivity contribution in [3.8, 4) is 11.1 Å². The molecule has 4 heteroatoms. The van der Waals surface area contributed by atoms with E-state index < -0.39 is 5.41 Å². The highest BCUT2D eigenvalue weighted by molar-refractivity contribution is 9.10. The molecule has 0 amide bonds. The molecular formula is C18H16BrFO2. The van der Waals surface area contributed by atoms with Crippen molar-refractivity contribution in [3.05, 3.63) is 57.8 Å². The van der Waals surface area contributed by atoms with Gasteiger partial charge in [-0.05, 0) is 70.1 Å². The Morgan fingerprint density at radius 1 is 1.23 bits per heavy atom. The molecule has 2 aromatic rings. The lowest BCUT2D eigenvalue weighted by atomic mass is 9.93. The van der Waals surface area contributed by atoms with Gasteiger partial charge in [0.1, 0.15) is 5.82 Å². The van der Waals surface area contributed by atoms with Gasteiger partial charge in [-0.25, -0.2) is 4.39 Å². The van der Waals surface area contributed by atoms with Crippen molar-refractivity contribution in [1.29, 1.82) is 0 Å². The fourth-order valence-corrected chi connectivity index (χ4v) is 3.31. The number of benzene rings is 2. The summed E-state index contributed by atoms with van der Waals surface area (Å²) < 4.78 is 19.1. The van der Waals surface area contributed by atoms with E-state index in [1.807, 2.05) is 31.2 Å². The second-order valence-electron chi connectivity index (χ2n) is 5.73. The van der Waals surface area contributed by atoms with Gasteiger partial charge in [0, 0.05) is 0 Å². The highest BCUT2D eigenvalue weighted by atomic mass is 79.9. The van der Waals surface area contributed by atoms with Crippen molar-refractivity contribution in [2.75, 3.05) is 7.11 Å². The zero-order valence-corrected chi connectivity index (χ0v) is 14.0. The summed E-state index contributed by atoms with van der Waals surface area (Å²) in [7, 11) is 1.42. The molecule has 1 saturated carbocycles. The summed E-state index contributed by atoms with van der Waals surface area (Å²) in [5.74, 6) is -0.455. The summed E-state index contributed by atoms with van der Waals surface area (Å²) in [6.45, 7) is 1.95. The molecular weight excluding hydrogens is 347 g/mol. The molecule has 2 aromatic carbocycles. The highest BCUT2D eigenvalue weighted by Crippen LogP contribution is 2.49. The molecule has 0 aromatic heterocycles. The smallest absolute Gasteiger partial charge is 0.316 e. The van der Waals surface area contributed by atoms with E-state index in [2.05, 4.69) is 15.9 Å². The fourth-order valence-electron chi connectivity index (χ4n) is 2.86. The molecule has 22 heavy (non-hydrogen) atoms. The molecule has 1 aliphatic carbocycles. The lowest BCUT2D eigenvalue weighted by molar-refractivity contribution is -0.143. The van der Waals surface area contributed by atoms with Gasteiger partial charge in [-0.2, -0.15) is 0 Å². The number of halogens is 2. The SMILES string of the molecule is COC(=O)C1(c2ccc(-c3cc(F)c(Br)cc3C)cc2)CC1. The van der Waals surface area contributed by atoms with E-state index in [1.54, 1.807) is 6.07 Å². The van der Waals surface area contributed by atoms with Crippen molar-refractivity contribution in [3.63, 3.8) is 0 Å². The molecule has 0 N–H and O–H groups in total. The average Bonchev–Trinajstić information content (AvgIpc) is 3.32. The van der Waals surface area contributed by atoms with Gasteiger partial charge in [-0.15, -0.1) is 0 Å². The van der Waals surface area contributed by atoms with E-state index in [-0.39, 0.29) is 11.8 Å². The first-order valence-electron chi connectivity index (χ1n) is 7.13. The van der Waals surface area contributed by atoms with E-state index in [9.17, 15) is 9.18 Å². The molecule has 0 atom stereocenters.